The maximum atomic E-state index is 11.2. The SMILES string of the molecule is C=CC(=O)N1CC(C)CC1C. The van der Waals surface area contributed by atoms with Crippen molar-refractivity contribution in [3.05, 3.63) is 12.7 Å². The quantitative estimate of drug-likeness (QED) is 0.522. The lowest BCUT2D eigenvalue weighted by Crippen LogP contribution is -2.32. The van der Waals surface area contributed by atoms with E-state index in [1.54, 1.807) is 0 Å². The Morgan fingerprint density at radius 1 is 1.64 bits per heavy atom. The number of amides is 1. The van der Waals surface area contributed by atoms with Crippen LogP contribution in [0.3, 0.4) is 0 Å². The van der Waals surface area contributed by atoms with Crippen molar-refractivity contribution in [3.8, 4) is 0 Å². The molecule has 0 aliphatic carbocycles. The summed E-state index contributed by atoms with van der Waals surface area (Å²) in [6, 6.07) is 0.399. The van der Waals surface area contributed by atoms with Gasteiger partial charge in [0.05, 0.1) is 0 Å². The van der Waals surface area contributed by atoms with E-state index in [2.05, 4.69) is 20.4 Å². The Labute approximate surface area is 67.9 Å². The summed E-state index contributed by atoms with van der Waals surface area (Å²) in [5.41, 5.74) is 0. The van der Waals surface area contributed by atoms with Crippen molar-refractivity contribution >= 4 is 5.91 Å². The molecule has 2 nitrogen and oxygen atoms in total. The van der Waals surface area contributed by atoms with Crippen molar-refractivity contribution in [1.29, 1.82) is 0 Å². The summed E-state index contributed by atoms with van der Waals surface area (Å²) in [5.74, 6) is 0.718. The van der Waals surface area contributed by atoms with Crippen molar-refractivity contribution in [3.63, 3.8) is 0 Å². The number of nitrogens with zero attached hydrogens (tertiary/aromatic N) is 1. The maximum Gasteiger partial charge on any atom is 0.246 e. The molecule has 0 spiro atoms. The van der Waals surface area contributed by atoms with Gasteiger partial charge in [-0.2, -0.15) is 0 Å². The fourth-order valence-corrected chi connectivity index (χ4v) is 1.72. The predicted molar refractivity (Wildman–Crippen MR) is 45.2 cm³/mol. The minimum atomic E-state index is 0.0712. The molecule has 62 valence electrons. The molecule has 2 heteroatoms. The van der Waals surface area contributed by atoms with Gasteiger partial charge in [-0.1, -0.05) is 13.5 Å². The van der Waals surface area contributed by atoms with E-state index in [1.807, 2.05) is 4.90 Å². The highest BCUT2D eigenvalue weighted by molar-refractivity contribution is 5.87. The first-order valence-electron chi connectivity index (χ1n) is 4.08. The minimum Gasteiger partial charge on any atom is -0.336 e. The van der Waals surface area contributed by atoms with Crippen molar-refractivity contribution in [1.82, 2.24) is 4.90 Å². The first-order chi connectivity index (χ1) is 5.15. The van der Waals surface area contributed by atoms with Crippen LogP contribution < -0.4 is 0 Å². The average molecular weight is 153 g/mol. The molecule has 0 bridgehead atoms. The third-order valence-electron chi connectivity index (χ3n) is 2.24. The van der Waals surface area contributed by atoms with E-state index in [0.717, 1.165) is 13.0 Å². The number of likely N-dealkylation sites (tertiary alicyclic amines) is 1. The van der Waals surface area contributed by atoms with Gasteiger partial charge in [-0.25, -0.2) is 0 Å². The molecule has 1 fully saturated rings. The van der Waals surface area contributed by atoms with E-state index in [4.69, 9.17) is 0 Å². The predicted octanol–water partition coefficient (Wildman–Crippen LogP) is 1.43. The summed E-state index contributed by atoms with van der Waals surface area (Å²) in [4.78, 5) is 13.1. The Morgan fingerprint density at radius 3 is 2.64 bits per heavy atom. The third kappa shape index (κ3) is 1.62. The van der Waals surface area contributed by atoms with Crippen LogP contribution >= 0.6 is 0 Å². The van der Waals surface area contributed by atoms with E-state index in [0.29, 0.717) is 12.0 Å². The van der Waals surface area contributed by atoms with E-state index in [9.17, 15) is 4.79 Å². The van der Waals surface area contributed by atoms with Gasteiger partial charge in [-0.15, -0.1) is 0 Å². The second-order valence-electron chi connectivity index (χ2n) is 3.38. The highest BCUT2D eigenvalue weighted by Gasteiger charge is 2.27. The molecule has 1 heterocycles. The van der Waals surface area contributed by atoms with Crippen molar-refractivity contribution in [2.75, 3.05) is 6.54 Å². The van der Waals surface area contributed by atoms with E-state index in [1.165, 1.54) is 6.08 Å². The van der Waals surface area contributed by atoms with Crippen LogP contribution in [0.1, 0.15) is 20.3 Å². The molecule has 0 radical (unpaired) electrons. The molecule has 0 aromatic rings. The lowest BCUT2D eigenvalue weighted by Gasteiger charge is -2.18. The third-order valence-corrected chi connectivity index (χ3v) is 2.24. The smallest absolute Gasteiger partial charge is 0.246 e. The van der Waals surface area contributed by atoms with E-state index in [-0.39, 0.29) is 5.91 Å². The fraction of sp³-hybridized carbons (Fsp3) is 0.667. The Morgan fingerprint density at radius 2 is 2.27 bits per heavy atom. The first-order valence-corrected chi connectivity index (χ1v) is 4.08. The molecule has 1 amide bonds. The summed E-state index contributed by atoms with van der Waals surface area (Å²) < 4.78 is 0. The molecular formula is C9H15NO. The standard InChI is InChI=1S/C9H15NO/c1-4-9(11)10-6-7(2)5-8(10)3/h4,7-8H,1,5-6H2,2-3H3. The van der Waals surface area contributed by atoms with Gasteiger partial charge in [-0.3, -0.25) is 4.79 Å². The number of carbonyl (C=O) groups excluding carboxylic acids is 1. The van der Waals surface area contributed by atoms with Gasteiger partial charge < -0.3 is 4.90 Å². The van der Waals surface area contributed by atoms with Crippen LogP contribution in [-0.2, 0) is 4.79 Å². The molecule has 0 saturated carbocycles. The zero-order valence-corrected chi connectivity index (χ0v) is 7.21. The topological polar surface area (TPSA) is 20.3 Å². The maximum absolute atomic E-state index is 11.2. The number of rotatable bonds is 1. The lowest BCUT2D eigenvalue weighted by molar-refractivity contribution is -0.126. The summed E-state index contributed by atoms with van der Waals surface area (Å²) in [7, 11) is 0. The van der Waals surface area contributed by atoms with Gasteiger partial charge in [0.1, 0.15) is 0 Å². The lowest BCUT2D eigenvalue weighted by atomic mass is 10.1. The molecule has 1 aliphatic heterocycles. The second-order valence-corrected chi connectivity index (χ2v) is 3.38. The van der Waals surface area contributed by atoms with Gasteiger partial charge in [0, 0.05) is 12.6 Å². The van der Waals surface area contributed by atoms with Crippen molar-refractivity contribution < 1.29 is 4.79 Å². The van der Waals surface area contributed by atoms with Crippen LogP contribution in [0.5, 0.6) is 0 Å². The summed E-state index contributed by atoms with van der Waals surface area (Å²) in [6.45, 7) is 8.63. The monoisotopic (exact) mass is 153 g/mol. The molecule has 0 N–H and O–H groups in total. The Balaban J connectivity index is 2.59. The summed E-state index contributed by atoms with van der Waals surface area (Å²) in [6.07, 6.45) is 2.52. The van der Waals surface area contributed by atoms with Crippen molar-refractivity contribution in [2.24, 2.45) is 5.92 Å². The van der Waals surface area contributed by atoms with Gasteiger partial charge in [0.25, 0.3) is 0 Å². The fourth-order valence-electron chi connectivity index (χ4n) is 1.72. The van der Waals surface area contributed by atoms with Gasteiger partial charge >= 0.3 is 0 Å². The van der Waals surface area contributed by atoms with Crippen LogP contribution in [0.25, 0.3) is 0 Å². The van der Waals surface area contributed by atoms with Crippen LogP contribution in [0.4, 0.5) is 0 Å². The van der Waals surface area contributed by atoms with Crippen LogP contribution in [0.15, 0.2) is 12.7 Å². The Kier molecular flexibility index (Phi) is 2.32. The summed E-state index contributed by atoms with van der Waals surface area (Å²) in [5, 5.41) is 0. The van der Waals surface area contributed by atoms with Crippen LogP contribution in [-0.4, -0.2) is 23.4 Å². The van der Waals surface area contributed by atoms with Crippen LogP contribution in [0.2, 0.25) is 0 Å². The summed E-state index contributed by atoms with van der Waals surface area (Å²) >= 11 is 0. The molecule has 1 rings (SSSR count). The number of hydrogen-bond donors (Lipinski definition) is 0. The second kappa shape index (κ2) is 3.07. The zero-order chi connectivity index (χ0) is 8.43. The Hall–Kier alpha value is -0.790. The first kappa shape index (κ1) is 8.31. The normalized spacial score (nSPS) is 30.5. The molecule has 2 unspecified atom stereocenters. The molecular weight excluding hydrogens is 138 g/mol. The Bertz CT molecular complexity index is 176. The van der Waals surface area contributed by atoms with E-state index < -0.39 is 0 Å². The minimum absolute atomic E-state index is 0.0712. The number of hydrogen-bond acceptors (Lipinski definition) is 1. The van der Waals surface area contributed by atoms with Gasteiger partial charge in [0.15, 0.2) is 0 Å². The molecule has 2 atom stereocenters. The molecule has 0 aromatic heterocycles. The van der Waals surface area contributed by atoms with Crippen LogP contribution in [0, 0.1) is 5.92 Å². The van der Waals surface area contributed by atoms with Gasteiger partial charge in [-0.05, 0) is 25.3 Å². The largest absolute Gasteiger partial charge is 0.336 e. The number of carbonyl (C=O) groups is 1. The molecule has 0 aromatic carbocycles. The van der Waals surface area contributed by atoms with E-state index >= 15 is 0 Å². The molecule has 1 saturated heterocycles. The average Bonchev–Trinajstić information content (AvgIpc) is 2.28. The highest BCUT2D eigenvalue weighted by Crippen LogP contribution is 2.22. The van der Waals surface area contributed by atoms with Gasteiger partial charge in [0.2, 0.25) is 5.91 Å². The molecule has 1 aliphatic rings. The molecule has 11 heavy (non-hydrogen) atoms. The highest BCUT2D eigenvalue weighted by atomic mass is 16.2. The zero-order valence-electron chi connectivity index (χ0n) is 7.21. The van der Waals surface area contributed by atoms with Crippen molar-refractivity contribution in [2.45, 2.75) is 26.3 Å².